The number of thioether (sulfide) groups is 2. The Labute approximate surface area is 140 Å². The van der Waals surface area contributed by atoms with Crippen LogP contribution in [0.1, 0.15) is 71.1 Å². The summed E-state index contributed by atoms with van der Waals surface area (Å²) in [6.45, 7) is 2.26. The zero-order chi connectivity index (χ0) is 15.8. The number of hydrogen-bond donors (Lipinski definition) is 1. The Hall–Kier alpha value is 0.330. The van der Waals surface area contributed by atoms with Crippen LogP contribution in [0.25, 0.3) is 0 Å². The quantitative estimate of drug-likeness (QED) is 0.408. The number of unbranched alkanes of at least 4 members (excludes halogenated alkanes) is 7. The topological polar surface area (TPSA) is 43.1 Å². The second-order valence-corrected chi connectivity index (χ2v) is 7.90. The molecule has 126 valence electrons. The number of Topliss-reactive ketones (excluding diaryl/α,β-unsaturated/α-hetero) is 1. The van der Waals surface area contributed by atoms with Gasteiger partial charge in [-0.05, 0) is 30.6 Å². The monoisotopic (exact) mass is 333 g/mol. The molecular weight excluding hydrogens is 298 g/mol. The molecule has 2 nitrogen and oxygen atoms in total. The number of rotatable bonds is 16. The third-order valence-electron chi connectivity index (χ3n) is 3.68. The lowest BCUT2D eigenvalue weighted by molar-refractivity contribution is -0.119. The lowest BCUT2D eigenvalue weighted by Gasteiger charge is -2.09. The van der Waals surface area contributed by atoms with Crippen molar-refractivity contribution in [2.45, 2.75) is 77.2 Å². The fourth-order valence-electron chi connectivity index (χ4n) is 2.20. The average Bonchev–Trinajstić information content (AvgIpc) is 2.49. The maximum Gasteiger partial charge on any atom is 0.150 e. The summed E-state index contributed by atoms with van der Waals surface area (Å²) in [6.07, 6.45) is 14.5. The summed E-state index contributed by atoms with van der Waals surface area (Å²) < 4.78 is 0. The molecule has 0 radical (unpaired) electrons. The van der Waals surface area contributed by atoms with Gasteiger partial charge in [0.05, 0.1) is 6.04 Å². The largest absolute Gasteiger partial charge is 0.321 e. The van der Waals surface area contributed by atoms with Crippen LogP contribution in [0.15, 0.2) is 0 Å². The van der Waals surface area contributed by atoms with Gasteiger partial charge in [0.1, 0.15) is 5.78 Å². The van der Waals surface area contributed by atoms with E-state index >= 15 is 0 Å². The van der Waals surface area contributed by atoms with Crippen molar-refractivity contribution < 1.29 is 4.79 Å². The van der Waals surface area contributed by atoms with Gasteiger partial charge < -0.3 is 5.73 Å². The summed E-state index contributed by atoms with van der Waals surface area (Å²) in [4.78, 5) is 11.8. The highest BCUT2D eigenvalue weighted by molar-refractivity contribution is 7.99. The molecule has 4 heteroatoms. The predicted molar refractivity (Wildman–Crippen MR) is 101 cm³/mol. The van der Waals surface area contributed by atoms with Crippen LogP contribution >= 0.6 is 23.5 Å². The van der Waals surface area contributed by atoms with Gasteiger partial charge in [0.2, 0.25) is 0 Å². The molecule has 0 aromatic carbocycles. The second-order valence-electron chi connectivity index (χ2n) is 5.69. The van der Waals surface area contributed by atoms with Gasteiger partial charge in [-0.25, -0.2) is 0 Å². The normalized spacial score (nSPS) is 12.5. The molecule has 0 aromatic heterocycles. The molecule has 0 rings (SSSR count). The summed E-state index contributed by atoms with van der Waals surface area (Å²) >= 11 is 3.67. The van der Waals surface area contributed by atoms with Gasteiger partial charge in [-0.2, -0.15) is 23.5 Å². The van der Waals surface area contributed by atoms with Gasteiger partial charge >= 0.3 is 0 Å². The fraction of sp³-hybridized carbons (Fsp3) is 0.941. The van der Waals surface area contributed by atoms with Gasteiger partial charge in [-0.3, -0.25) is 4.79 Å². The van der Waals surface area contributed by atoms with E-state index in [1.807, 2.05) is 11.8 Å². The molecule has 0 saturated heterocycles. The van der Waals surface area contributed by atoms with Crippen molar-refractivity contribution in [2.75, 3.05) is 23.5 Å². The van der Waals surface area contributed by atoms with Crippen LogP contribution in [-0.2, 0) is 4.79 Å². The van der Waals surface area contributed by atoms with Crippen molar-refractivity contribution in [3.05, 3.63) is 0 Å². The molecule has 2 N–H and O–H groups in total. The second kappa shape index (κ2) is 16.7. The molecule has 0 saturated carbocycles. The third-order valence-corrected chi connectivity index (χ3v) is 5.40. The lowest BCUT2D eigenvalue weighted by atomic mass is 10.1. The molecule has 21 heavy (non-hydrogen) atoms. The van der Waals surface area contributed by atoms with Crippen LogP contribution in [0, 0.1) is 0 Å². The first kappa shape index (κ1) is 21.3. The highest BCUT2D eigenvalue weighted by Crippen LogP contribution is 2.12. The van der Waals surface area contributed by atoms with E-state index < -0.39 is 0 Å². The number of nitrogens with two attached hydrogens (primary N) is 1. The number of carbonyl (C=O) groups is 1. The molecule has 1 unspecified atom stereocenters. The van der Waals surface area contributed by atoms with E-state index in [4.69, 9.17) is 5.73 Å². The molecule has 0 amide bonds. The van der Waals surface area contributed by atoms with Gasteiger partial charge in [-0.1, -0.05) is 51.9 Å². The minimum Gasteiger partial charge on any atom is -0.321 e. The maximum atomic E-state index is 11.8. The molecule has 0 aliphatic carbocycles. The predicted octanol–water partition coefficient (Wildman–Crippen LogP) is 4.90. The standard InChI is InChI=1S/C17H35NOS2/c1-3-4-5-6-7-8-9-10-13-21-15-12-17(19)16(18)11-14-20-2/h16H,3-15,18H2,1-2H3. The summed E-state index contributed by atoms with van der Waals surface area (Å²) in [7, 11) is 0. The van der Waals surface area contributed by atoms with Crippen LogP contribution in [-0.4, -0.2) is 35.3 Å². The summed E-state index contributed by atoms with van der Waals surface area (Å²) in [6, 6.07) is -0.235. The van der Waals surface area contributed by atoms with E-state index in [9.17, 15) is 4.79 Å². The highest BCUT2D eigenvalue weighted by Gasteiger charge is 2.12. The average molecular weight is 334 g/mol. The van der Waals surface area contributed by atoms with Crippen molar-refractivity contribution in [3.63, 3.8) is 0 Å². The fourth-order valence-corrected chi connectivity index (χ4v) is 3.65. The Morgan fingerprint density at radius 1 is 0.952 bits per heavy atom. The van der Waals surface area contributed by atoms with Gasteiger partial charge in [-0.15, -0.1) is 0 Å². The van der Waals surface area contributed by atoms with E-state index in [2.05, 4.69) is 13.2 Å². The molecule has 0 bridgehead atoms. The molecule has 0 aliphatic rings. The Kier molecular flexibility index (Phi) is 17.0. The Morgan fingerprint density at radius 3 is 2.19 bits per heavy atom. The summed E-state index contributed by atoms with van der Waals surface area (Å²) in [5.41, 5.74) is 5.86. The SMILES string of the molecule is CCCCCCCCCCSCCC(=O)C(N)CCSC. The smallest absolute Gasteiger partial charge is 0.150 e. The van der Waals surface area contributed by atoms with E-state index in [-0.39, 0.29) is 11.8 Å². The Morgan fingerprint density at radius 2 is 1.57 bits per heavy atom. The molecule has 1 atom stereocenters. The summed E-state index contributed by atoms with van der Waals surface area (Å²) in [5.74, 6) is 3.37. The zero-order valence-corrected chi connectivity index (χ0v) is 15.7. The van der Waals surface area contributed by atoms with Gasteiger partial charge in [0, 0.05) is 12.2 Å². The minimum atomic E-state index is -0.235. The van der Waals surface area contributed by atoms with Crippen LogP contribution < -0.4 is 5.73 Å². The summed E-state index contributed by atoms with van der Waals surface area (Å²) in [5, 5.41) is 0. The zero-order valence-electron chi connectivity index (χ0n) is 14.1. The van der Waals surface area contributed by atoms with E-state index in [0.717, 1.165) is 17.9 Å². The number of ketones is 1. The van der Waals surface area contributed by atoms with E-state index in [1.165, 1.54) is 57.1 Å². The first-order valence-corrected chi connectivity index (χ1v) is 11.1. The lowest BCUT2D eigenvalue weighted by Crippen LogP contribution is -2.31. The van der Waals surface area contributed by atoms with Gasteiger partial charge in [0.15, 0.2) is 0 Å². The number of carbonyl (C=O) groups excluding carboxylic acids is 1. The van der Waals surface area contributed by atoms with Crippen molar-refractivity contribution in [1.82, 2.24) is 0 Å². The Bertz CT molecular complexity index is 237. The van der Waals surface area contributed by atoms with E-state index in [0.29, 0.717) is 6.42 Å². The van der Waals surface area contributed by atoms with Crippen LogP contribution in [0.2, 0.25) is 0 Å². The van der Waals surface area contributed by atoms with E-state index in [1.54, 1.807) is 11.8 Å². The third kappa shape index (κ3) is 15.0. The van der Waals surface area contributed by atoms with Crippen molar-refractivity contribution in [3.8, 4) is 0 Å². The molecular formula is C17H35NOS2. The molecule has 0 fully saturated rings. The first-order valence-electron chi connectivity index (χ1n) is 8.57. The van der Waals surface area contributed by atoms with Crippen molar-refractivity contribution in [1.29, 1.82) is 0 Å². The minimum absolute atomic E-state index is 0.235. The van der Waals surface area contributed by atoms with Gasteiger partial charge in [0.25, 0.3) is 0 Å². The molecule has 0 aromatic rings. The molecule has 0 spiro atoms. The Balaban J connectivity index is 3.23. The maximum absolute atomic E-state index is 11.8. The van der Waals surface area contributed by atoms with Crippen LogP contribution in [0.5, 0.6) is 0 Å². The first-order chi connectivity index (χ1) is 10.2. The number of hydrogen-bond acceptors (Lipinski definition) is 4. The van der Waals surface area contributed by atoms with Crippen molar-refractivity contribution >= 4 is 29.3 Å². The van der Waals surface area contributed by atoms with Crippen molar-refractivity contribution in [2.24, 2.45) is 5.73 Å². The highest BCUT2D eigenvalue weighted by atomic mass is 32.2. The van der Waals surface area contributed by atoms with Crippen LogP contribution in [0.3, 0.4) is 0 Å². The molecule has 0 heterocycles. The van der Waals surface area contributed by atoms with Crippen LogP contribution in [0.4, 0.5) is 0 Å². The molecule has 0 aliphatic heterocycles.